The Bertz CT molecular complexity index is 677. The number of halogens is 3. The zero-order chi connectivity index (χ0) is 14.3. The monoisotopic (exact) mass is 269 g/mol. The molecule has 6 heteroatoms. The van der Waals surface area contributed by atoms with Gasteiger partial charge in [-0.1, -0.05) is 0 Å². The molecule has 0 atom stereocenters. The quantitative estimate of drug-likeness (QED) is 0.850. The lowest BCUT2D eigenvalue weighted by molar-refractivity contribution is 0.0696. The Morgan fingerprint density at radius 2 is 1.79 bits per heavy atom. The average molecular weight is 269 g/mol. The molecule has 0 spiro atoms. The first-order chi connectivity index (χ1) is 8.82. The molecule has 0 amide bonds. The number of aryl methyl sites for hydroxylation is 1. The summed E-state index contributed by atoms with van der Waals surface area (Å²) in [6.07, 6.45) is 0. The summed E-state index contributed by atoms with van der Waals surface area (Å²) in [5.74, 6) is -4.66. The van der Waals surface area contributed by atoms with Crippen LogP contribution in [-0.4, -0.2) is 15.6 Å². The van der Waals surface area contributed by atoms with Crippen LogP contribution < -0.4 is 0 Å². The van der Waals surface area contributed by atoms with Crippen molar-refractivity contribution in [1.29, 1.82) is 0 Å². The molecule has 0 fully saturated rings. The molecule has 0 saturated carbocycles. The predicted octanol–water partition coefficient (Wildman–Crippen LogP) is 3.21. The van der Waals surface area contributed by atoms with E-state index in [-0.39, 0.29) is 16.9 Å². The second-order valence-electron chi connectivity index (χ2n) is 4.15. The van der Waals surface area contributed by atoms with E-state index in [2.05, 4.69) is 0 Å². The fourth-order valence-corrected chi connectivity index (χ4v) is 2.06. The summed E-state index contributed by atoms with van der Waals surface area (Å²) in [6.45, 7) is 2.97. The van der Waals surface area contributed by atoms with Crippen molar-refractivity contribution in [2.75, 3.05) is 0 Å². The van der Waals surface area contributed by atoms with E-state index in [4.69, 9.17) is 5.11 Å². The number of aromatic carboxylic acids is 1. The molecule has 0 aliphatic rings. The summed E-state index contributed by atoms with van der Waals surface area (Å²) in [7, 11) is 0. The van der Waals surface area contributed by atoms with E-state index < -0.39 is 23.4 Å². The van der Waals surface area contributed by atoms with E-state index in [0.717, 1.165) is 6.07 Å². The maximum atomic E-state index is 13.7. The van der Waals surface area contributed by atoms with Gasteiger partial charge in [0.1, 0.15) is 5.82 Å². The Labute approximate surface area is 106 Å². The van der Waals surface area contributed by atoms with E-state index in [1.165, 1.54) is 24.5 Å². The molecule has 0 radical (unpaired) electrons. The first-order valence-electron chi connectivity index (χ1n) is 5.40. The second kappa shape index (κ2) is 4.46. The largest absolute Gasteiger partial charge is 0.478 e. The summed E-state index contributed by atoms with van der Waals surface area (Å²) in [4.78, 5) is 11.0. The Morgan fingerprint density at radius 1 is 1.16 bits per heavy atom. The van der Waals surface area contributed by atoms with Gasteiger partial charge < -0.3 is 9.67 Å². The van der Waals surface area contributed by atoms with Gasteiger partial charge in [-0.2, -0.15) is 0 Å². The smallest absolute Gasteiger partial charge is 0.337 e. The third kappa shape index (κ3) is 2.09. The van der Waals surface area contributed by atoms with Gasteiger partial charge in [0.05, 0.1) is 11.3 Å². The normalized spacial score (nSPS) is 10.8. The molecule has 1 N–H and O–H groups in total. The third-order valence-electron chi connectivity index (χ3n) is 2.88. The maximum Gasteiger partial charge on any atom is 0.337 e. The Kier molecular flexibility index (Phi) is 3.09. The van der Waals surface area contributed by atoms with Crippen LogP contribution in [0.1, 0.15) is 21.7 Å². The number of hydrogen-bond acceptors (Lipinski definition) is 1. The summed E-state index contributed by atoms with van der Waals surface area (Å²) in [5, 5.41) is 8.97. The highest BCUT2D eigenvalue weighted by Crippen LogP contribution is 2.25. The van der Waals surface area contributed by atoms with Crippen molar-refractivity contribution in [3.8, 4) is 5.69 Å². The zero-order valence-corrected chi connectivity index (χ0v) is 10.2. The minimum absolute atomic E-state index is 0.0402. The number of rotatable bonds is 2. The molecule has 0 bridgehead atoms. The van der Waals surface area contributed by atoms with Crippen molar-refractivity contribution in [2.24, 2.45) is 0 Å². The highest BCUT2D eigenvalue weighted by Gasteiger charge is 2.20. The average Bonchev–Trinajstić information content (AvgIpc) is 2.60. The fourth-order valence-electron chi connectivity index (χ4n) is 2.06. The number of nitrogens with zero attached hydrogens (tertiary/aromatic N) is 1. The van der Waals surface area contributed by atoms with Crippen molar-refractivity contribution >= 4 is 5.97 Å². The standard InChI is InChI=1S/C13H10F3NO2/c1-6-3-9(13(18)19)7(2)17(6)11-5-8(14)4-10(15)12(11)16/h3-5H,1-2H3,(H,18,19). The van der Waals surface area contributed by atoms with Crippen molar-refractivity contribution in [2.45, 2.75) is 13.8 Å². The highest BCUT2D eigenvalue weighted by molar-refractivity contribution is 5.89. The van der Waals surface area contributed by atoms with Gasteiger partial charge in [-0.05, 0) is 19.9 Å². The minimum atomic E-state index is -1.32. The molecule has 1 aromatic heterocycles. The molecule has 0 saturated heterocycles. The number of benzene rings is 1. The lowest BCUT2D eigenvalue weighted by Gasteiger charge is -2.11. The third-order valence-corrected chi connectivity index (χ3v) is 2.88. The van der Waals surface area contributed by atoms with E-state index in [9.17, 15) is 18.0 Å². The minimum Gasteiger partial charge on any atom is -0.478 e. The summed E-state index contributed by atoms with van der Waals surface area (Å²) < 4.78 is 41.3. The molecular formula is C13H10F3NO2. The predicted molar refractivity (Wildman–Crippen MR) is 62.1 cm³/mol. The lowest BCUT2D eigenvalue weighted by atomic mass is 10.2. The molecule has 3 nitrogen and oxygen atoms in total. The van der Waals surface area contributed by atoms with Crippen LogP contribution in [0, 0.1) is 31.3 Å². The van der Waals surface area contributed by atoms with E-state index in [0.29, 0.717) is 11.8 Å². The van der Waals surface area contributed by atoms with Gasteiger partial charge in [0.25, 0.3) is 0 Å². The molecular weight excluding hydrogens is 259 g/mol. The van der Waals surface area contributed by atoms with E-state index in [1.807, 2.05) is 0 Å². The van der Waals surface area contributed by atoms with Gasteiger partial charge in [0, 0.05) is 23.5 Å². The lowest BCUT2D eigenvalue weighted by Crippen LogP contribution is -2.06. The van der Waals surface area contributed by atoms with Gasteiger partial charge in [0.15, 0.2) is 11.6 Å². The van der Waals surface area contributed by atoms with Crippen LogP contribution in [0.4, 0.5) is 13.2 Å². The van der Waals surface area contributed by atoms with Gasteiger partial charge in [-0.25, -0.2) is 18.0 Å². The van der Waals surface area contributed by atoms with Crippen LogP contribution in [-0.2, 0) is 0 Å². The van der Waals surface area contributed by atoms with Gasteiger partial charge in [-0.15, -0.1) is 0 Å². The molecule has 0 unspecified atom stereocenters. The number of aromatic nitrogens is 1. The van der Waals surface area contributed by atoms with Crippen LogP contribution in [0.2, 0.25) is 0 Å². The summed E-state index contributed by atoms with van der Waals surface area (Å²) in [6, 6.07) is 2.58. The molecule has 1 heterocycles. The van der Waals surface area contributed by atoms with E-state index in [1.54, 1.807) is 0 Å². The number of carbonyl (C=O) groups is 1. The molecule has 2 rings (SSSR count). The molecule has 0 aliphatic heterocycles. The first kappa shape index (κ1) is 13.2. The zero-order valence-electron chi connectivity index (χ0n) is 10.2. The first-order valence-corrected chi connectivity index (χ1v) is 5.40. The SMILES string of the molecule is Cc1cc(C(=O)O)c(C)n1-c1cc(F)cc(F)c1F. The van der Waals surface area contributed by atoms with Gasteiger partial charge in [-0.3, -0.25) is 0 Å². The van der Waals surface area contributed by atoms with E-state index >= 15 is 0 Å². The maximum absolute atomic E-state index is 13.7. The van der Waals surface area contributed by atoms with Crippen LogP contribution in [0.5, 0.6) is 0 Å². The van der Waals surface area contributed by atoms with Crippen molar-refractivity contribution in [3.63, 3.8) is 0 Å². The number of hydrogen-bond donors (Lipinski definition) is 1. The van der Waals surface area contributed by atoms with Crippen LogP contribution in [0.25, 0.3) is 5.69 Å². The Morgan fingerprint density at radius 3 is 2.32 bits per heavy atom. The Hall–Kier alpha value is -2.24. The van der Waals surface area contributed by atoms with Gasteiger partial charge in [0.2, 0.25) is 0 Å². The number of carboxylic acids is 1. The summed E-state index contributed by atoms with van der Waals surface area (Å²) in [5.41, 5.74) is 0.189. The molecule has 2 aromatic rings. The second-order valence-corrected chi connectivity index (χ2v) is 4.15. The topological polar surface area (TPSA) is 42.2 Å². The number of carboxylic acid groups (broad SMARTS) is 1. The summed E-state index contributed by atoms with van der Waals surface area (Å²) >= 11 is 0. The van der Waals surface area contributed by atoms with Gasteiger partial charge >= 0.3 is 5.97 Å². The molecule has 19 heavy (non-hydrogen) atoms. The van der Waals surface area contributed by atoms with Crippen LogP contribution >= 0.6 is 0 Å². The fraction of sp³-hybridized carbons (Fsp3) is 0.154. The molecule has 0 aliphatic carbocycles. The van der Waals surface area contributed by atoms with Crippen molar-refractivity contribution in [3.05, 3.63) is 52.6 Å². The van der Waals surface area contributed by atoms with Crippen molar-refractivity contribution < 1.29 is 23.1 Å². The molecule has 100 valence electrons. The van der Waals surface area contributed by atoms with Crippen molar-refractivity contribution in [1.82, 2.24) is 4.57 Å². The Balaban J connectivity index is 2.76. The van der Waals surface area contributed by atoms with Crippen LogP contribution in [0.15, 0.2) is 18.2 Å². The van der Waals surface area contributed by atoms with Crippen LogP contribution in [0.3, 0.4) is 0 Å². The molecule has 1 aromatic carbocycles. The highest BCUT2D eigenvalue weighted by atomic mass is 19.2.